The van der Waals surface area contributed by atoms with Gasteiger partial charge in [0.1, 0.15) is 18.5 Å². The average molecular weight is 306 g/mol. The van der Waals surface area contributed by atoms with E-state index in [4.69, 9.17) is 4.74 Å². The van der Waals surface area contributed by atoms with Gasteiger partial charge in [-0.25, -0.2) is 0 Å². The zero-order chi connectivity index (χ0) is 15.9. The second-order valence-corrected chi connectivity index (χ2v) is 6.09. The molecule has 0 aliphatic carbocycles. The minimum absolute atomic E-state index is 0.129. The number of carbonyl (C=O) groups is 1. The van der Waals surface area contributed by atoms with Gasteiger partial charge in [-0.2, -0.15) is 0 Å². The van der Waals surface area contributed by atoms with E-state index in [-0.39, 0.29) is 11.8 Å². The summed E-state index contributed by atoms with van der Waals surface area (Å²) >= 11 is 0. The summed E-state index contributed by atoms with van der Waals surface area (Å²) in [7, 11) is 3.61. The van der Waals surface area contributed by atoms with Crippen molar-refractivity contribution in [3.8, 4) is 5.75 Å². The summed E-state index contributed by atoms with van der Waals surface area (Å²) in [5.41, 5.74) is 0. The molecule has 122 valence electrons. The van der Waals surface area contributed by atoms with Crippen molar-refractivity contribution < 1.29 is 14.6 Å². The molecule has 1 fully saturated rings. The van der Waals surface area contributed by atoms with Gasteiger partial charge in [0.2, 0.25) is 5.91 Å². The number of β-amino-alcohol motifs (C(OH)–C–C–N with tert-alkyl or cyclic N) is 1. The highest BCUT2D eigenvalue weighted by Gasteiger charge is 2.26. The van der Waals surface area contributed by atoms with Gasteiger partial charge in [0.15, 0.2) is 0 Å². The first-order chi connectivity index (χ1) is 10.6. The van der Waals surface area contributed by atoms with E-state index in [1.165, 1.54) is 0 Å². The maximum Gasteiger partial charge on any atom is 0.225 e. The van der Waals surface area contributed by atoms with Gasteiger partial charge >= 0.3 is 0 Å². The summed E-state index contributed by atoms with van der Waals surface area (Å²) < 4.78 is 5.56. The summed E-state index contributed by atoms with van der Waals surface area (Å²) in [5, 5.41) is 10.1. The Kier molecular flexibility index (Phi) is 6.21. The fourth-order valence-corrected chi connectivity index (χ4v) is 2.79. The smallest absolute Gasteiger partial charge is 0.225 e. The number of aliphatic hydroxyl groups is 1. The Balaban J connectivity index is 1.68. The molecule has 1 saturated heterocycles. The zero-order valence-corrected chi connectivity index (χ0v) is 13.4. The lowest BCUT2D eigenvalue weighted by atomic mass is 9.95. The molecular formula is C17H26N2O3. The fourth-order valence-electron chi connectivity index (χ4n) is 2.79. The maximum atomic E-state index is 11.9. The van der Waals surface area contributed by atoms with Crippen molar-refractivity contribution in [3.05, 3.63) is 30.3 Å². The Morgan fingerprint density at radius 1 is 1.32 bits per heavy atom. The number of hydrogen-bond donors (Lipinski definition) is 1. The quantitative estimate of drug-likeness (QED) is 0.859. The van der Waals surface area contributed by atoms with E-state index >= 15 is 0 Å². The van der Waals surface area contributed by atoms with Crippen LogP contribution in [-0.2, 0) is 4.79 Å². The van der Waals surface area contributed by atoms with E-state index in [0.29, 0.717) is 13.2 Å². The van der Waals surface area contributed by atoms with Crippen molar-refractivity contribution in [3.63, 3.8) is 0 Å². The molecule has 0 saturated carbocycles. The summed E-state index contributed by atoms with van der Waals surface area (Å²) in [6.45, 7) is 2.59. The highest BCUT2D eigenvalue weighted by molar-refractivity contribution is 5.78. The lowest BCUT2D eigenvalue weighted by molar-refractivity contribution is -0.134. The summed E-state index contributed by atoms with van der Waals surface area (Å²) in [6, 6.07) is 9.51. The fraction of sp³-hybridized carbons (Fsp3) is 0.588. The molecule has 0 spiro atoms. The van der Waals surface area contributed by atoms with Crippen LogP contribution in [-0.4, -0.2) is 67.3 Å². The largest absolute Gasteiger partial charge is 0.491 e. The van der Waals surface area contributed by atoms with Crippen LogP contribution in [0, 0.1) is 5.92 Å². The average Bonchev–Trinajstić information content (AvgIpc) is 2.54. The van der Waals surface area contributed by atoms with E-state index in [0.717, 1.165) is 31.7 Å². The molecule has 1 aliphatic rings. The first-order valence-electron chi connectivity index (χ1n) is 7.85. The van der Waals surface area contributed by atoms with Crippen molar-refractivity contribution >= 4 is 5.91 Å². The SMILES string of the molecule is CN(C)C(=O)C1CCN(C[C@@H](O)COc2ccccc2)CC1. The third-order valence-corrected chi connectivity index (χ3v) is 4.03. The molecule has 1 aliphatic heterocycles. The maximum absolute atomic E-state index is 11.9. The predicted octanol–water partition coefficient (Wildman–Crippen LogP) is 1.23. The predicted molar refractivity (Wildman–Crippen MR) is 85.8 cm³/mol. The standard InChI is InChI=1S/C17H26N2O3/c1-18(2)17(21)14-8-10-19(11-9-14)12-15(20)13-22-16-6-4-3-5-7-16/h3-7,14-15,20H,8-13H2,1-2H3/t15-/m1/s1. The molecule has 1 N–H and O–H groups in total. The monoisotopic (exact) mass is 306 g/mol. The number of benzene rings is 1. The molecule has 22 heavy (non-hydrogen) atoms. The van der Waals surface area contributed by atoms with Crippen LogP contribution >= 0.6 is 0 Å². The van der Waals surface area contributed by atoms with Gasteiger partial charge < -0.3 is 19.6 Å². The summed E-state index contributed by atoms with van der Waals surface area (Å²) in [4.78, 5) is 15.8. The topological polar surface area (TPSA) is 53.0 Å². The summed E-state index contributed by atoms with van der Waals surface area (Å²) in [6.07, 6.45) is 1.22. The van der Waals surface area contributed by atoms with Crippen molar-refractivity contribution in [1.29, 1.82) is 0 Å². The Labute approximate surface area is 132 Å². The molecule has 1 amide bonds. The molecule has 0 radical (unpaired) electrons. The minimum atomic E-state index is -0.513. The molecule has 1 aromatic carbocycles. The number of rotatable bonds is 6. The van der Waals surface area contributed by atoms with Crippen molar-refractivity contribution in [1.82, 2.24) is 9.80 Å². The highest BCUT2D eigenvalue weighted by Crippen LogP contribution is 2.19. The number of aliphatic hydroxyl groups excluding tert-OH is 1. The molecule has 1 heterocycles. The van der Waals surface area contributed by atoms with Crippen molar-refractivity contribution in [2.24, 2.45) is 5.92 Å². The number of carbonyl (C=O) groups excluding carboxylic acids is 1. The van der Waals surface area contributed by atoms with Crippen LogP contribution < -0.4 is 4.74 Å². The van der Waals surface area contributed by atoms with E-state index in [1.807, 2.05) is 30.3 Å². The number of para-hydroxylation sites is 1. The molecule has 1 aromatic rings. The Bertz CT molecular complexity index is 456. The van der Waals surface area contributed by atoms with E-state index in [9.17, 15) is 9.90 Å². The van der Waals surface area contributed by atoms with Crippen LogP contribution in [0.15, 0.2) is 30.3 Å². The van der Waals surface area contributed by atoms with Gasteiger partial charge in [-0.05, 0) is 38.1 Å². The molecule has 1 atom stereocenters. The number of piperidine rings is 1. The zero-order valence-electron chi connectivity index (χ0n) is 13.4. The van der Waals surface area contributed by atoms with Crippen molar-refractivity contribution in [2.75, 3.05) is 40.3 Å². The first-order valence-corrected chi connectivity index (χ1v) is 7.85. The van der Waals surface area contributed by atoms with Crippen LogP contribution in [0.3, 0.4) is 0 Å². The number of hydrogen-bond acceptors (Lipinski definition) is 4. The lowest BCUT2D eigenvalue weighted by Gasteiger charge is -2.33. The normalized spacial score (nSPS) is 18.0. The first kappa shape index (κ1) is 16.8. The van der Waals surface area contributed by atoms with E-state index < -0.39 is 6.10 Å². The van der Waals surface area contributed by atoms with Crippen LogP contribution in [0.1, 0.15) is 12.8 Å². The lowest BCUT2D eigenvalue weighted by Crippen LogP contribution is -2.43. The Morgan fingerprint density at radius 2 is 1.95 bits per heavy atom. The van der Waals surface area contributed by atoms with Crippen LogP contribution in [0.4, 0.5) is 0 Å². The molecular weight excluding hydrogens is 280 g/mol. The van der Waals surface area contributed by atoms with Gasteiger partial charge in [0, 0.05) is 26.6 Å². The van der Waals surface area contributed by atoms with E-state index in [1.54, 1.807) is 19.0 Å². The van der Waals surface area contributed by atoms with E-state index in [2.05, 4.69) is 4.90 Å². The highest BCUT2D eigenvalue weighted by atomic mass is 16.5. The van der Waals surface area contributed by atoms with Crippen LogP contribution in [0.5, 0.6) is 5.75 Å². The van der Waals surface area contributed by atoms with Crippen molar-refractivity contribution in [2.45, 2.75) is 18.9 Å². The number of ether oxygens (including phenoxy) is 1. The van der Waals surface area contributed by atoms with Gasteiger partial charge in [-0.15, -0.1) is 0 Å². The van der Waals surface area contributed by atoms with Gasteiger partial charge in [-0.3, -0.25) is 4.79 Å². The molecule has 5 heteroatoms. The molecule has 0 unspecified atom stereocenters. The van der Waals surface area contributed by atoms with Gasteiger partial charge in [0.05, 0.1) is 0 Å². The number of likely N-dealkylation sites (tertiary alicyclic amines) is 1. The summed E-state index contributed by atoms with van der Waals surface area (Å²) in [5.74, 6) is 1.12. The Hall–Kier alpha value is -1.59. The van der Waals surface area contributed by atoms with Gasteiger partial charge in [-0.1, -0.05) is 18.2 Å². The molecule has 5 nitrogen and oxygen atoms in total. The third-order valence-electron chi connectivity index (χ3n) is 4.03. The number of nitrogens with zero attached hydrogens (tertiary/aromatic N) is 2. The minimum Gasteiger partial charge on any atom is -0.491 e. The number of amides is 1. The molecule has 0 bridgehead atoms. The molecule has 0 aromatic heterocycles. The third kappa shape index (κ3) is 5.00. The second-order valence-electron chi connectivity index (χ2n) is 6.09. The van der Waals surface area contributed by atoms with Crippen LogP contribution in [0.2, 0.25) is 0 Å². The molecule has 2 rings (SSSR count). The van der Waals surface area contributed by atoms with Crippen LogP contribution in [0.25, 0.3) is 0 Å². The second kappa shape index (κ2) is 8.15. The Morgan fingerprint density at radius 3 is 2.55 bits per heavy atom. The van der Waals surface area contributed by atoms with Gasteiger partial charge in [0.25, 0.3) is 0 Å².